The van der Waals surface area contributed by atoms with E-state index in [1.165, 1.54) is 12.8 Å². The van der Waals surface area contributed by atoms with Crippen LogP contribution in [0.3, 0.4) is 0 Å². The van der Waals surface area contributed by atoms with Gasteiger partial charge in [-0.1, -0.05) is 19.0 Å². The van der Waals surface area contributed by atoms with E-state index in [9.17, 15) is 0 Å². The van der Waals surface area contributed by atoms with Crippen LogP contribution in [0.15, 0.2) is 4.52 Å². The van der Waals surface area contributed by atoms with Gasteiger partial charge in [0.2, 0.25) is 5.89 Å². The van der Waals surface area contributed by atoms with E-state index in [1.54, 1.807) is 0 Å². The second-order valence-corrected chi connectivity index (χ2v) is 8.38. The van der Waals surface area contributed by atoms with E-state index in [1.807, 2.05) is 7.11 Å². The number of rotatable bonds is 7. The van der Waals surface area contributed by atoms with Gasteiger partial charge in [0.25, 0.3) is 0 Å². The summed E-state index contributed by atoms with van der Waals surface area (Å²) in [7, 11) is 1.87. The fourth-order valence-electron chi connectivity index (χ4n) is 4.40. The van der Waals surface area contributed by atoms with E-state index >= 15 is 0 Å². The molecule has 3 atom stereocenters. The monoisotopic (exact) mass is 349 g/mol. The van der Waals surface area contributed by atoms with Crippen LogP contribution in [0.4, 0.5) is 0 Å². The number of hydrogen-bond donors (Lipinski definition) is 0. The van der Waals surface area contributed by atoms with Crippen molar-refractivity contribution in [2.24, 2.45) is 5.92 Å². The quantitative estimate of drug-likeness (QED) is 0.754. The summed E-state index contributed by atoms with van der Waals surface area (Å²) in [6.07, 6.45) is 7.40. The van der Waals surface area contributed by atoms with Crippen LogP contribution in [0.25, 0.3) is 0 Å². The van der Waals surface area contributed by atoms with Gasteiger partial charge in [-0.2, -0.15) is 4.98 Å². The van der Waals surface area contributed by atoms with Crippen LogP contribution in [-0.4, -0.2) is 53.0 Å². The molecule has 1 saturated heterocycles. The van der Waals surface area contributed by atoms with Gasteiger partial charge in [0.05, 0.1) is 18.2 Å². The summed E-state index contributed by atoms with van der Waals surface area (Å²) in [5.41, 5.74) is -0.0238. The first-order valence-electron chi connectivity index (χ1n) is 9.83. The van der Waals surface area contributed by atoms with Crippen LogP contribution < -0.4 is 0 Å². The lowest BCUT2D eigenvalue weighted by atomic mass is 9.79. The maximum absolute atomic E-state index is 6.21. The van der Waals surface area contributed by atoms with Crippen LogP contribution in [-0.2, 0) is 16.0 Å². The van der Waals surface area contributed by atoms with E-state index in [0.29, 0.717) is 12.1 Å². The highest BCUT2D eigenvalue weighted by Gasteiger charge is 2.51. The maximum atomic E-state index is 6.21. The molecule has 0 radical (unpaired) electrons. The SMILES string of the molecule is CO[C@@]12CC[C@H](OCC3CC3)C[C@@H]1N(Cc1noc(C(C)C)n1)CC2. The summed E-state index contributed by atoms with van der Waals surface area (Å²) in [4.78, 5) is 7.03. The number of methoxy groups -OCH3 is 1. The van der Waals surface area contributed by atoms with Crippen LogP contribution in [0, 0.1) is 5.92 Å². The molecule has 4 rings (SSSR count). The molecular weight excluding hydrogens is 318 g/mol. The Morgan fingerprint density at radius 3 is 2.80 bits per heavy atom. The van der Waals surface area contributed by atoms with E-state index < -0.39 is 0 Å². The predicted molar refractivity (Wildman–Crippen MR) is 93.3 cm³/mol. The second-order valence-electron chi connectivity index (χ2n) is 8.38. The number of hydrogen-bond acceptors (Lipinski definition) is 6. The molecule has 25 heavy (non-hydrogen) atoms. The highest BCUT2D eigenvalue weighted by Crippen LogP contribution is 2.44. The van der Waals surface area contributed by atoms with Gasteiger partial charge in [0.15, 0.2) is 5.82 Å². The number of ether oxygens (including phenoxy) is 2. The summed E-state index contributed by atoms with van der Waals surface area (Å²) in [5.74, 6) is 2.61. The highest BCUT2D eigenvalue weighted by atomic mass is 16.5. The van der Waals surface area contributed by atoms with Crippen molar-refractivity contribution >= 4 is 0 Å². The topological polar surface area (TPSA) is 60.6 Å². The average molecular weight is 349 g/mol. The van der Waals surface area contributed by atoms with E-state index in [-0.39, 0.29) is 11.5 Å². The molecule has 0 unspecified atom stereocenters. The molecule has 0 bridgehead atoms. The largest absolute Gasteiger partial charge is 0.378 e. The van der Waals surface area contributed by atoms with Crippen LogP contribution in [0.1, 0.15) is 70.0 Å². The number of likely N-dealkylation sites (tertiary alicyclic amines) is 1. The van der Waals surface area contributed by atoms with Crippen LogP contribution >= 0.6 is 0 Å². The maximum Gasteiger partial charge on any atom is 0.229 e. The molecule has 6 nitrogen and oxygen atoms in total. The van der Waals surface area contributed by atoms with Crippen LogP contribution in [0.5, 0.6) is 0 Å². The Balaban J connectivity index is 1.42. The Bertz CT molecular complexity index is 586. The summed E-state index contributed by atoms with van der Waals surface area (Å²) in [5, 5.41) is 4.17. The highest BCUT2D eigenvalue weighted by molar-refractivity contribution is 5.06. The van der Waals surface area contributed by atoms with E-state index in [2.05, 4.69) is 28.9 Å². The lowest BCUT2D eigenvalue weighted by Gasteiger charge is -2.43. The van der Waals surface area contributed by atoms with Gasteiger partial charge < -0.3 is 14.0 Å². The summed E-state index contributed by atoms with van der Waals surface area (Å²) >= 11 is 0. The Morgan fingerprint density at radius 2 is 2.12 bits per heavy atom. The Morgan fingerprint density at radius 1 is 1.28 bits per heavy atom. The Kier molecular flexibility index (Phi) is 4.86. The third-order valence-corrected chi connectivity index (χ3v) is 6.24. The first kappa shape index (κ1) is 17.4. The fourth-order valence-corrected chi connectivity index (χ4v) is 4.40. The molecule has 140 valence electrons. The van der Waals surface area contributed by atoms with Gasteiger partial charge in [0.1, 0.15) is 0 Å². The molecular formula is C19H31N3O3. The summed E-state index contributed by atoms with van der Waals surface area (Å²) in [6.45, 7) is 6.86. The first-order chi connectivity index (χ1) is 12.1. The van der Waals surface area contributed by atoms with Gasteiger partial charge >= 0.3 is 0 Å². The summed E-state index contributed by atoms with van der Waals surface area (Å²) in [6, 6.07) is 0.386. The average Bonchev–Trinajstić information content (AvgIpc) is 3.21. The van der Waals surface area contributed by atoms with Crippen molar-refractivity contribution in [3.63, 3.8) is 0 Å². The molecule has 1 aliphatic heterocycles. The third-order valence-electron chi connectivity index (χ3n) is 6.24. The lowest BCUT2D eigenvalue weighted by Crippen LogP contribution is -2.51. The second kappa shape index (κ2) is 6.97. The fraction of sp³-hybridized carbons (Fsp3) is 0.895. The molecule has 6 heteroatoms. The first-order valence-corrected chi connectivity index (χ1v) is 9.83. The van der Waals surface area contributed by atoms with Crippen molar-refractivity contribution in [1.29, 1.82) is 0 Å². The molecule has 1 aromatic heterocycles. The van der Waals surface area contributed by atoms with Gasteiger partial charge in [0, 0.05) is 32.2 Å². The Labute approximate surface area is 150 Å². The molecule has 1 aromatic rings. The number of nitrogens with zero attached hydrogens (tertiary/aromatic N) is 3. The third kappa shape index (κ3) is 3.62. The van der Waals surface area contributed by atoms with Crippen molar-refractivity contribution in [1.82, 2.24) is 15.0 Å². The van der Waals surface area contributed by atoms with Crippen molar-refractivity contribution in [3.8, 4) is 0 Å². The molecule has 3 aliphatic rings. The van der Waals surface area contributed by atoms with Gasteiger partial charge in [-0.15, -0.1) is 0 Å². The predicted octanol–water partition coefficient (Wildman–Crippen LogP) is 3.13. The van der Waals surface area contributed by atoms with Crippen molar-refractivity contribution < 1.29 is 14.0 Å². The van der Waals surface area contributed by atoms with Gasteiger partial charge in [-0.25, -0.2) is 0 Å². The molecule has 0 N–H and O–H groups in total. The standard InChI is InChI=1S/C19H31N3O3/c1-13(2)18-20-17(21-25-18)11-22-9-8-19(23-3)7-6-15(10-16(19)22)24-12-14-4-5-14/h13-16H,4-12H2,1-3H3/t15-,16-,19+/m0/s1. The molecule has 0 aromatic carbocycles. The van der Waals surface area contributed by atoms with Crippen molar-refractivity contribution in [2.45, 2.75) is 82.6 Å². The molecule has 3 fully saturated rings. The van der Waals surface area contributed by atoms with Gasteiger partial charge in [-0.05, 0) is 44.4 Å². The zero-order valence-electron chi connectivity index (χ0n) is 15.7. The molecule has 2 aliphatic carbocycles. The van der Waals surface area contributed by atoms with Gasteiger partial charge in [-0.3, -0.25) is 4.90 Å². The molecule has 2 saturated carbocycles. The molecule has 2 heterocycles. The molecule has 0 amide bonds. The number of fused-ring (bicyclic) bond motifs is 1. The number of aromatic nitrogens is 2. The summed E-state index contributed by atoms with van der Waals surface area (Å²) < 4.78 is 17.6. The molecule has 0 spiro atoms. The smallest absolute Gasteiger partial charge is 0.229 e. The Hall–Kier alpha value is -0.980. The van der Waals surface area contributed by atoms with Crippen molar-refractivity contribution in [2.75, 3.05) is 20.3 Å². The zero-order chi connectivity index (χ0) is 17.4. The van der Waals surface area contributed by atoms with Crippen LogP contribution in [0.2, 0.25) is 0 Å². The van der Waals surface area contributed by atoms with E-state index in [0.717, 1.165) is 63.0 Å². The van der Waals surface area contributed by atoms with Crippen molar-refractivity contribution in [3.05, 3.63) is 11.7 Å². The zero-order valence-corrected chi connectivity index (χ0v) is 15.7. The minimum Gasteiger partial charge on any atom is -0.378 e. The lowest BCUT2D eigenvalue weighted by molar-refractivity contribution is -0.103. The minimum absolute atomic E-state index is 0.0238. The minimum atomic E-state index is -0.0238. The van der Waals surface area contributed by atoms with E-state index in [4.69, 9.17) is 14.0 Å². The normalized spacial score (nSPS) is 33.1.